The van der Waals surface area contributed by atoms with Gasteiger partial charge in [-0.1, -0.05) is 24.0 Å². The fourth-order valence-electron chi connectivity index (χ4n) is 3.61. The maximum Gasteiger partial charge on any atom is 0.274 e. The van der Waals surface area contributed by atoms with Crippen LogP contribution in [0.3, 0.4) is 0 Å². The third-order valence-corrected chi connectivity index (χ3v) is 6.62. The van der Waals surface area contributed by atoms with Crippen LogP contribution in [0.4, 0.5) is 0 Å². The summed E-state index contributed by atoms with van der Waals surface area (Å²) in [6, 6.07) is 1.90. The minimum atomic E-state index is -0.127. The van der Waals surface area contributed by atoms with E-state index < -0.39 is 0 Å². The number of aryl methyl sites for hydroxylation is 2. The molecule has 4 heterocycles. The van der Waals surface area contributed by atoms with E-state index in [2.05, 4.69) is 5.10 Å². The van der Waals surface area contributed by atoms with E-state index in [1.54, 1.807) is 9.80 Å². The molecule has 0 spiro atoms. The smallest absolute Gasteiger partial charge is 0.274 e. The van der Waals surface area contributed by atoms with Gasteiger partial charge >= 0.3 is 0 Å². The molecule has 144 valence electrons. The third-order valence-electron chi connectivity index (χ3n) is 5.19. The predicted molar refractivity (Wildman–Crippen MR) is 104 cm³/mol. The SMILES string of the molecule is O=C(CN1C(=O)CSC1=S)N1CCN(C(=O)c2cc3n(n2)CCCC3)CC1. The number of carbonyl (C=O) groups is 3. The van der Waals surface area contributed by atoms with Crippen molar-refractivity contribution in [1.82, 2.24) is 24.5 Å². The fraction of sp³-hybridized carbons (Fsp3) is 0.588. The van der Waals surface area contributed by atoms with E-state index in [4.69, 9.17) is 12.2 Å². The standard InChI is InChI=1S/C17H21N5O3S2/c23-14(10-21-15(24)11-27-17(21)26)19-5-7-20(8-6-19)16(25)13-9-12-3-1-2-4-22(12)18-13/h9H,1-8,10-11H2. The number of hydrogen-bond donors (Lipinski definition) is 0. The average molecular weight is 408 g/mol. The van der Waals surface area contributed by atoms with Crippen LogP contribution in [0.25, 0.3) is 0 Å². The number of amides is 3. The van der Waals surface area contributed by atoms with E-state index in [1.165, 1.54) is 16.7 Å². The molecule has 2 fully saturated rings. The van der Waals surface area contributed by atoms with Crippen LogP contribution in [-0.2, 0) is 22.6 Å². The van der Waals surface area contributed by atoms with Gasteiger partial charge in [0.05, 0.1) is 5.75 Å². The summed E-state index contributed by atoms with van der Waals surface area (Å²) in [5.74, 6) is -0.00629. The van der Waals surface area contributed by atoms with Gasteiger partial charge in [0.2, 0.25) is 11.8 Å². The largest absolute Gasteiger partial charge is 0.338 e. The molecule has 0 aliphatic carbocycles. The Morgan fingerprint density at radius 3 is 2.52 bits per heavy atom. The van der Waals surface area contributed by atoms with E-state index >= 15 is 0 Å². The molecule has 8 nitrogen and oxygen atoms in total. The molecule has 10 heteroatoms. The van der Waals surface area contributed by atoms with Crippen LogP contribution in [-0.4, -0.2) is 85.0 Å². The summed E-state index contributed by atoms with van der Waals surface area (Å²) in [4.78, 5) is 41.8. The summed E-state index contributed by atoms with van der Waals surface area (Å²) >= 11 is 6.41. The van der Waals surface area contributed by atoms with Crippen molar-refractivity contribution in [2.75, 3.05) is 38.5 Å². The maximum atomic E-state index is 12.7. The lowest BCUT2D eigenvalue weighted by Crippen LogP contribution is -2.53. The second-order valence-corrected chi connectivity index (χ2v) is 8.52. The highest BCUT2D eigenvalue weighted by atomic mass is 32.2. The molecule has 3 amide bonds. The number of fused-ring (bicyclic) bond motifs is 1. The highest BCUT2D eigenvalue weighted by Crippen LogP contribution is 2.20. The summed E-state index contributed by atoms with van der Waals surface area (Å²) in [7, 11) is 0. The van der Waals surface area contributed by atoms with Gasteiger partial charge in [-0.2, -0.15) is 5.10 Å². The molecule has 0 N–H and O–H groups in total. The van der Waals surface area contributed by atoms with Crippen molar-refractivity contribution in [2.45, 2.75) is 25.8 Å². The number of thiocarbonyl (C=S) groups is 1. The minimum Gasteiger partial charge on any atom is -0.338 e. The van der Waals surface area contributed by atoms with Gasteiger partial charge < -0.3 is 9.80 Å². The van der Waals surface area contributed by atoms with Gasteiger partial charge in [0.1, 0.15) is 10.9 Å². The zero-order chi connectivity index (χ0) is 19.0. The summed E-state index contributed by atoms with van der Waals surface area (Å²) < 4.78 is 2.40. The van der Waals surface area contributed by atoms with Crippen molar-refractivity contribution >= 4 is 46.0 Å². The average Bonchev–Trinajstić information content (AvgIpc) is 3.26. The Morgan fingerprint density at radius 2 is 1.85 bits per heavy atom. The van der Waals surface area contributed by atoms with Crippen LogP contribution < -0.4 is 0 Å². The van der Waals surface area contributed by atoms with Gasteiger partial charge in [-0.05, 0) is 25.3 Å². The van der Waals surface area contributed by atoms with Crippen LogP contribution in [0.15, 0.2) is 6.07 Å². The first-order chi connectivity index (χ1) is 13.0. The molecular weight excluding hydrogens is 386 g/mol. The van der Waals surface area contributed by atoms with Crippen molar-refractivity contribution in [2.24, 2.45) is 0 Å². The normalized spacial score (nSPS) is 20.2. The monoisotopic (exact) mass is 407 g/mol. The Morgan fingerprint density at radius 1 is 1.11 bits per heavy atom. The highest BCUT2D eigenvalue weighted by molar-refractivity contribution is 8.23. The predicted octanol–water partition coefficient (Wildman–Crippen LogP) is 0.364. The number of hydrogen-bond acceptors (Lipinski definition) is 6. The lowest BCUT2D eigenvalue weighted by molar-refractivity contribution is -0.137. The molecule has 4 rings (SSSR count). The quantitative estimate of drug-likeness (QED) is 0.674. The Hall–Kier alpha value is -1.94. The first kappa shape index (κ1) is 18.4. The van der Waals surface area contributed by atoms with Crippen LogP contribution in [0.1, 0.15) is 29.0 Å². The molecular formula is C17H21N5O3S2. The van der Waals surface area contributed by atoms with Crippen LogP contribution in [0, 0.1) is 0 Å². The van der Waals surface area contributed by atoms with Gasteiger partial charge in [-0.15, -0.1) is 0 Å². The van der Waals surface area contributed by atoms with Crippen molar-refractivity contribution < 1.29 is 14.4 Å². The van der Waals surface area contributed by atoms with E-state index in [9.17, 15) is 14.4 Å². The van der Waals surface area contributed by atoms with E-state index in [1.807, 2.05) is 10.7 Å². The first-order valence-corrected chi connectivity index (χ1v) is 10.5. The summed E-state index contributed by atoms with van der Waals surface area (Å²) in [6.07, 6.45) is 3.21. The molecule has 3 aliphatic heterocycles. The topological polar surface area (TPSA) is 78.8 Å². The summed E-state index contributed by atoms with van der Waals surface area (Å²) in [5, 5.41) is 4.45. The van der Waals surface area contributed by atoms with Crippen LogP contribution >= 0.6 is 24.0 Å². The maximum absolute atomic E-state index is 12.7. The Labute approximate surface area is 166 Å². The summed E-state index contributed by atoms with van der Waals surface area (Å²) in [6.45, 7) is 2.73. The fourth-order valence-corrected chi connectivity index (χ4v) is 4.68. The number of aromatic nitrogens is 2. The number of nitrogens with zero attached hydrogens (tertiary/aromatic N) is 5. The molecule has 0 aromatic carbocycles. The molecule has 2 saturated heterocycles. The molecule has 3 aliphatic rings. The van der Waals surface area contributed by atoms with Gasteiger partial charge in [0.25, 0.3) is 5.91 Å². The number of piperazine rings is 1. The van der Waals surface area contributed by atoms with Crippen LogP contribution in [0.2, 0.25) is 0 Å². The number of thioether (sulfide) groups is 1. The first-order valence-electron chi connectivity index (χ1n) is 9.14. The van der Waals surface area contributed by atoms with E-state index in [0.29, 0.717) is 41.9 Å². The Bertz CT molecular complexity index is 761. The summed E-state index contributed by atoms with van der Waals surface area (Å²) in [5.41, 5.74) is 1.62. The second-order valence-electron chi connectivity index (χ2n) is 6.91. The molecule has 1 aromatic heterocycles. The van der Waals surface area contributed by atoms with Crippen molar-refractivity contribution in [3.8, 4) is 0 Å². The third kappa shape index (κ3) is 3.73. The van der Waals surface area contributed by atoms with Crippen LogP contribution in [0.5, 0.6) is 0 Å². The second kappa shape index (κ2) is 7.59. The van der Waals surface area contributed by atoms with E-state index in [-0.39, 0.29) is 24.3 Å². The van der Waals surface area contributed by atoms with Gasteiger partial charge in [-0.3, -0.25) is 24.0 Å². The van der Waals surface area contributed by atoms with Gasteiger partial charge in [0, 0.05) is 38.4 Å². The highest BCUT2D eigenvalue weighted by Gasteiger charge is 2.32. The zero-order valence-electron chi connectivity index (χ0n) is 14.9. The molecule has 0 saturated carbocycles. The molecule has 0 bridgehead atoms. The number of rotatable bonds is 3. The molecule has 0 unspecified atom stereocenters. The van der Waals surface area contributed by atoms with Crippen molar-refractivity contribution in [3.05, 3.63) is 17.5 Å². The molecule has 0 radical (unpaired) electrons. The lowest BCUT2D eigenvalue weighted by atomic mass is 10.1. The number of carbonyl (C=O) groups excluding carboxylic acids is 3. The van der Waals surface area contributed by atoms with Crippen molar-refractivity contribution in [3.63, 3.8) is 0 Å². The zero-order valence-corrected chi connectivity index (χ0v) is 16.6. The molecule has 0 atom stereocenters. The van der Waals surface area contributed by atoms with Gasteiger partial charge in [0.15, 0.2) is 5.69 Å². The van der Waals surface area contributed by atoms with E-state index in [0.717, 1.165) is 31.5 Å². The minimum absolute atomic E-state index is 0.00756. The van der Waals surface area contributed by atoms with Gasteiger partial charge in [-0.25, -0.2) is 0 Å². The molecule has 1 aromatic rings. The van der Waals surface area contributed by atoms with Crippen molar-refractivity contribution in [1.29, 1.82) is 0 Å². The lowest BCUT2D eigenvalue weighted by Gasteiger charge is -2.35. The Balaban J connectivity index is 1.32. The molecule has 27 heavy (non-hydrogen) atoms. The Kier molecular flexibility index (Phi) is 5.18.